The lowest BCUT2D eigenvalue weighted by molar-refractivity contribution is -0.136. The Morgan fingerprint density at radius 1 is 1.26 bits per heavy atom. The number of nitrogens with one attached hydrogen (secondary N) is 3. The Morgan fingerprint density at radius 2 is 2.11 bits per heavy atom. The average molecular weight is 370 g/mol. The number of benzene rings is 1. The first kappa shape index (κ1) is 18.1. The summed E-state index contributed by atoms with van der Waals surface area (Å²) in [6.07, 6.45) is 1.86. The van der Waals surface area contributed by atoms with Crippen LogP contribution in [0.4, 0.5) is 0 Å². The number of carbonyl (C=O) groups excluding carboxylic acids is 3. The summed E-state index contributed by atoms with van der Waals surface area (Å²) in [6.45, 7) is 5.38. The Balaban J connectivity index is 1.38. The van der Waals surface area contributed by atoms with Crippen LogP contribution in [0.5, 0.6) is 0 Å². The summed E-state index contributed by atoms with van der Waals surface area (Å²) < 4.78 is 0. The van der Waals surface area contributed by atoms with Gasteiger partial charge in [0.15, 0.2) is 0 Å². The van der Waals surface area contributed by atoms with Crippen molar-refractivity contribution in [2.45, 2.75) is 51.4 Å². The Labute approximate surface area is 158 Å². The molecule has 3 N–H and O–H groups in total. The van der Waals surface area contributed by atoms with Gasteiger partial charge in [-0.25, -0.2) is 0 Å². The summed E-state index contributed by atoms with van der Waals surface area (Å²) in [5, 5.41) is 9.28. The molecule has 3 aliphatic heterocycles. The van der Waals surface area contributed by atoms with Gasteiger partial charge in [0.05, 0.1) is 0 Å². The van der Waals surface area contributed by atoms with Gasteiger partial charge >= 0.3 is 0 Å². The molecule has 0 aliphatic carbocycles. The van der Waals surface area contributed by atoms with E-state index >= 15 is 0 Å². The summed E-state index contributed by atoms with van der Waals surface area (Å²) in [4.78, 5) is 37.9. The molecule has 2 fully saturated rings. The highest BCUT2D eigenvalue weighted by Crippen LogP contribution is 2.28. The maximum absolute atomic E-state index is 12.8. The molecule has 7 heteroatoms. The van der Waals surface area contributed by atoms with Crippen LogP contribution in [-0.2, 0) is 22.7 Å². The van der Waals surface area contributed by atoms with E-state index in [0.29, 0.717) is 30.5 Å². The van der Waals surface area contributed by atoms with E-state index in [1.807, 2.05) is 18.2 Å². The maximum Gasteiger partial charge on any atom is 0.255 e. The third kappa shape index (κ3) is 3.75. The number of carbonyl (C=O) groups is 3. The molecule has 27 heavy (non-hydrogen) atoms. The SMILES string of the molecule is CC1CC(CNCc2ccc3c(c2)C(=O)N(C2CCC(=O)NC2=O)C3)CN1. The Bertz CT molecular complexity index is 778. The van der Waals surface area contributed by atoms with Crippen molar-refractivity contribution in [2.24, 2.45) is 5.92 Å². The second kappa shape index (κ2) is 7.40. The molecule has 3 atom stereocenters. The van der Waals surface area contributed by atoms with Crippen LogP contribution < -0.4 is 16.0 Å². The summed E-state index contributed by atoms with van der Waals surface area (Å²) in [6, 6.07) is 6.00. The first-order valence-corrected chi connectivity index (χ1v) is 9.72. The Morgan fingerprint density at radius 3 is 2.85 bits per heavy atom. The fraction of sp³-hybridized carbons (Fsp3) is 0.550. The van der Waals surface area contributed by atoms with E-state index in [0.717, 1.165) is 30.8 Å². The van der Waals surface area contributed by atoms with Crippen molar-refractivity contribution in [3.63, 3.8) is 0 Å². The number of imide groups is 1. The predicted molar refractivity (Wildman–Crippen MR) is 99.8 cm³/mol. The van der Waals surface area contributed by atoms with Crippen LogP contribution in [0, 0.1) is 5.92 Å². The van der Waals surface area contributed by atoms with Crippen LogP contribution in [0.15, 0.2) is 18.2 Å². The van der Waals surface area contributed by atoms with Gasteiger partial charge in [-0.2, -0.15) is 0 Å². The van der Waals surface area contributed by atoms with E-state index in [4.69, 9.17) is 0 Å². The van der Waals surface area contributed by atoms with Crippen LogP contribution in [0.2, 0.25) is 0 Å². The second-order valence-electron chi connectivity index (χ2n) is 7.93. The highest BCUT2D eigenvalue weighted by atomic mass is 16.2. The van der Waals surface area contributed by atoms with E-state index in [1.165, 1.54) is 6.42 Å². The summed E-state index contributed by atoms with van der Waals surface area (Å²) >= 11 is 0. The lowest BCUT2D eigenvalue weighted by Crippen LogP contribution is -2.52. The molecule has 0 spiro atoms. The maximum atomic E-state index is 12.8. The van der Waals surface area contributed by atoms with Gasteiger partial charge in [-0.3, -0.25) is 19.7 Å². The first-order valence-electron chi connectivity index (χ1n) is 9.72. The van der Waals surface area contributed by atoms with E-state index in [-0.39, 0.29) is 24.1 Å². The van der Waals surface area contributed by atoms with E-state index in [2.05, 4.69) is 22.9 Å². The van der Waals surface area contributed by atoms with Crippen molar-refractivity contribution in [2.75, 3.05) is 13.1 Å². The van der Waals surface area contributed by atoms with Crippen molar-refractivity contribution < 1.29 is 14.4 Å². The van der Waals surface area contributed by atoms with E-state index < -0.39 is 6.04 Å². The number of nitrogens with zero attached hydrogens (tertiary/aromatic N) is 1. The van der Waals surface area contributed by atoms with Crippen LogP contribution in [-0.4, -0.2) is 47.8 Å². The van der Waals surface area contributed by atoms with Crippen molar-refractivity contribution in [3.05, 3.63) is 34.9 Å². The van der Waals surface area contributed by atoms with Gasteiger partial charge in [-0.1, -0.05) is 12.1 Å². The molecule has 3 heterocycles. The molecule has 1 aromatic carbocycles. The monoisotopic (exact) mass is 370 g/mol. The van der Waals surface area contributed by atoms with E-state index in [1.54, 1.807) is 4.90 Å². The van der Waals surface area contributed by atoms with Gasteiger partial charge in [0.25, 0.3) is 5.91 Å². The quantitative estimate of drug-likeness (QED) is 0.658. The molecular weight excluding hydrogens is 344 g/mol. The van der Waals surface area contributed by atoms with E-state index in [9.17, 15) is 14.4 Å². The molecule has 2 saturated heterocycles. The lowest BCUT2D eigenvalue weighted by Gasteiger charge is -2.29. The summed E-state index contributed by atoms with van der Waals surface area (Å²) in [5.74, 6) is -0.0939. The molecule has 0 aromatic heterocycles. The number of amides is 3. The standard InChI is InChI=1S/C20H26N4O3/c1-12-6-14(10-22-12)9-21-8-13-2-3-15-11-24(20(27)16(15)7-13)17-4-5-18(25)23-19(17)26/h2-3,7,12,14,17,21-22H,4-6,8-11H2,1H3,(H,23,25,26). The minimum absolute atomic E-state index is 0.116. The van der Waals surface area contributed by atoms with Gasteiger partial charge in [-0.05, 0) is 56.0 Å². The molecule has 3 unspecified atom stereocenters. The topological polar surface area (TPSA) is 90.5 Å². The molecule has 1 aromatic rings. The molecule has 3 amide bonds. The van der Waals surface area contributed by atoms with Crippen molar-refractivity contribution in [1.29, 1.82) is 0 Å². The second-order valence-corrected chi connectivity index (χ2v) is 7.93. The Hall–Kier alpha value is -2.25. The van der Waals surface area contributed by atoms with Gasteiger partial charge < -0.3 is 15.5 Å². The zero-order valence-electron chi connectivity index (χ0n) is 15.6. The summed E-state index contributed by atoms with van der Waals surface area (Å²) in [5.41, 5.74) is 2.70. The predicted octanol–water partition coefficient (Wildman–Crippen LogP) is 0.535. The molecule has 144 valence electrons. The fourth-order valence-corrected chi connectivity index (χ4v) is 4.32. The summed E-state index contributed by atoms with van der Waals surface area (Å²) in [7, 11) is 0. The van der Waals surface area contributed by atoms with Crippen LogP contribution in [0.1, 0.15) is 47.7 Å². The van der Waals surface area contributed by atoms with Gasteiger partial charge in [0, 0.05) is 31.1 Å². The highest BCUT2D eigenvalue weighted by molar-refractivity contribution is 6.05. The minimum atomic E-state index is -0.555. The Kier molecular flexibility index (Phi) is 4.97. The fourth-order valence-electron chi connectivity index (χ4n) is 4.32. The molecule has 0 saturated carbocycles. The van der Waals surface area contributed by atoms with Crippen molar-refractivity contribution >= 4 is 17.7 Å². The number of hydrogen-bond acceptors (Lipinski definition) is 5. The highest BCUT2D eigenvalue weighted by Gasteiger charge is 2.39. The molecule has 3 aliphatic rings. The number of piperidine rings is 1. The zero-order chi connectivity index (χ0) is 19.0. The smallest absolute Gasteiger partial charge is 0.255 e. The molecular formula is C20H26N4O3. The van der Waals surface area contributed by atoms with Crippen molar-refractivity contribution in [3.8, 4) is 0 Å². The zero-order valence-corrected chi connectivity index (χ0v) is 15.6. The van der Waals surface area contributed by atoms with Crippen LogP contribution in [0.25, 0.3) is 0 Å². The molecule has 4 rings (SSSR count). The van der Waals surface area contributed by atoms with Crippen molar-refractivity contribution in [1.82, 2.24) is 20.9 Å². The number of fused-ring (bicyclic) bond motifs is 1. The normalized spacial score (nSPS) is 27.8. The van der Waals surface area contributed by atoms with Gasteiger partial charge in [0.2, 0.25) is 11.8 Å². The minimum Gasteiger partial charge on any atom is -0.322 e. The molecule has 0 bridgehead atoms. The lowest BCUT2D eigenvalue weighted by atomic mass is 10.0. The first-order chi connectivity index (χ1) is 13.0. The largest absolute Gasteiger partial charge is 0.322 e. The van der Waals surface area contributed by atoms with Gasteiger partial charge in [0.1, 0.15) is 6.04 Å². The average Bonchev–Trinajstić information content (AvgIpc) is 3.19. The van der Waals surface area contributed by atoms with Crippen LogP contribution >= 0.6 is 0 Å². The number of rotatable bonds is 5. The molecule has 7 nitrogen and oxygen atoms in total. The molecule has 0 radical (unpaired) electrons. The van der Waals surface area contributed by atoms with Gasteiger partial charge in [-0.15, -0.1) is 0 Å². The third-order valence-corrected chi connectivity index (χ3v) is 5.80. The number of hydrogen-bond donors (Lipinski definition) is 3. The van der Waals surface area contributed by atoms with Crippen LogP contribution in [0.3, 0.4) is 0 Å². The third-order valence-electron chi connectivity index (χ3n) is 5.80.